The number of carbonyl (C=O) groups is 1. The highest BCUT2D eigenvalue weighted by molar-refractivity contribution is 5.79. The van der Waals surface area contributed by atoms with E-state index in [4.69, 9.17) is 4.42 Å². The van der Waals surface area contributed by atoms with E-state index in [9.17, 15) is 4.79 Å². The Hall–Kier alpha value is -3.22. The molecule has 0 atom stereocenters. The second-order valence-electron chi connectivity index (χ2n) is 7.62. The number of nitrogens with zero attached hydrogens (tertiary/aromatic N) is 5. The Morgan fingerprint density at radius 2 is 1.79 bits per heavy atom. The molecule has 3 aromatic rings. The number of aromatic nitrogens is 3. The van der Waals surface area contributed by atoms with Gasteiger partial charge in [0.25, 0.3) is 5.89 Å². The molecule has 148 valence electrons. The van der Waals surface area contributed by atoms with Crippen molar-refractivity contribution >= 4 is 11.7 Å². The number of hydrogen-bond acceptors (Lipinski definition) is 6. The fourth-order valence-corrected chi connectivity index (χ4v) is 3.70. The average molecular weight is 389 g/mol. The molecule has 1 saturated heterocycles. The lowest BCUT2D eigenvalue weighted by Gasteiger charge is -2.36. The summed E-state index contributed by atoms with van der Waals surface area (Å²) in [5.41, 5.74) is 1.91. The molecular formula is C22H23N5O2. The van der Waals surface area contributed by atoms with Gasteiger partial charge in [0.15, 0.2) is 0 Å². The summed E-state index contributed by atoms with van der Waals surface area (Å²) in [6.07, 6.45) is 4.48. The van der Waals surface area contributed by atoms with Crippen LogP contribution < -0.4 is 4.90 Å². The number of anilines is 1. The SMILES string of the molecule is O=C(Cc1ccccc1)N1CCN(c2ncccc2-c2nnc(C3CC3)o2)CC1. The average Bonchev–Trinajstić information content (AvgIpc) is 3.51. The van der Waals surface area contributed by atoms with Gasteiger partial charge in [-0.2, -0.15) is 0 Å². The van der Waals surface area contributed by atoms with E-state index in [2.05, 4.69) is 20.1 Å². The molecule has 7 nitrogen and oxygen atoms in total. The third kappa shape index (κ3) is 3.85. The predicted molar refractivity (Wildman–Crippen MR) is 108 cm³/mol. The van der Waals surface area contributed by atoms with Crippen LogP contribution in [0.5, 0.6) is 0 Å². The van der Waals surface area contributed by atoms with Gasteiger partial charge in [0.05, 0.1) is 12.0 Å². The number of rotatable bonds is 5. The monoisotopic (exact) mass is 389 g/mol. The van der Waals surface area contributed by atoms with E-state index in [1.807, 2.05) is 47.4 Å². The normalized spacial score (nSPS) is 16.8. The minimum absolute atomic E-state index is 0.170. The molecule has 2 aromatic heterocycles. The molecular weight excluding hydrogens is 366 g/mol. The molecule has 0 unspecified atom stereocenters. The van der Waals surface area contributed by atoms with Crippen LogP contribution in [0.4, 0.5) is 5.82 Å². The minimum atomic E-state index is 0.170. The van der Waals surface area contributed by atoms with Gasteiger partial charge in [0, 0.05) is 38.3 Å². The van der Waals surface area contributed by atoms with Crippen molar-refractivity contribution < 1.29 is 9.21 Å². The van der Waals surface area contributed by atoms with Gasteiger partial charge in [-0.1, -0.05) is 30.3 Å². The molecule has 1 saturated carbocycles. The zero-order valence-electron chi connectivity index (χ0n) is 16.2. The summed E-state index contributed by atoms with van der Waals surface area (Å²) in [4.78, 5) is 21.3. The Morgan fingerprint density at radius 3 is 2.55 bits per heavy atom. The highest BCUT2D eigenvalue weighted by Crippen LogP contribution is 2.40. The Bertz CT molecular complexity index is 991. The van der Waals surface area contributed by atoms with E-state index in [0.29, 0.717) is 31.3 Å². The predicted octanol–water partition coefficient (Wildman–Crippen LogP) is 2.90. The number of carbonyl (C=O) groups excluding carboxylic acids is 1. The van der Waals surface area contributed by atoms with E-state index >= 15 is 0 Å². The van der Waals surface area contributed by atoms with Gasteiger partial charge in [0.2, 0.25) is 11.8 Å². The first-order valence-corrected chi connectivity index (χ1v) is 10.1. The molecule has 1 amide bonds. The van der Waals surface area contributed by atoms with Gasteiger partial charge in [-0.3, -0.25) is 4.79 Å². The van der Waals surface area contributed by atoms with Crippen LogP contribution in [0.1, 0.15) is 30.2 Å². The van der Waals surface area contributed by atoms with E-state index in [1.54, 1.807) is 6.20 Å². The fourth-order valence-electron chi connectivity index (χ4n) is 3.70. The molecule has 3 heterocycles. The lowest BCUT2D eigenvalue weighted by atomic mass is 10.1. The summed E-state index contributed by atoms with van der Waals surface area (Å²) in [5, 5.41) is 8.45. The maximum atomic E-state index is 12.6. The quantitative estimate of drug-likeness (QED) is 0.668. The lowest BCUT2D eigenvalue weighted by Crippen LogP contribution is -2.49. The second kappa shape index (κ2) is 7.66. The third-order valence-electron chi connectivity index (χ3n) is 5.51. The Morgan fingerprint density at radius 1 is 1.00 bits per heavy atom. The number of piperazine rings is 1. The second-order valence-corrected chi connectivity index (χ2v) is 7.62. The van der Waals surface area contributed by atoms with Crippen molar-refractivity contribution in [3.8, 4) is 11.5 Å². The summed E-state index contributed by atoms with van der Waals surface area (Å²) < 4.78 is 5.90. The summed E-state index contributed by atoms with van der Waals surface area (Å²) in [6.45, 7) is 2.82. The summed E-state index contributed by atoms with van der Waals surface area (Å²) in [5.74, 6) is 2.69. The van der Waals surface area contributed by atoms with Crippen LogP contribution in [0.2, 0.25) is 0 Å². The van der Waals surface area contributed by atoms with Gasteiger partial charge in [-0.15, -0.1) is 10.2 Å². The first-order valence-electron chi connectivity index (χ1n) is 10.1. The Labute approximate surface area is 169 Å². The fraction of sp³-hybridized carbons (Fsp3) is 0.364. The Balaban J connectivity index is 1.27. The largest absolute Gasteiger partial charge is 0.420 e. The molecule has 0 N–H and O–H groups in total. The highest BCUT2D eigenvalue weighted by atomic mass is 16.4. The van der Waals surface area contributed by atoms with Gasteiger partial charge < -0.3 is 14.2 Å². The first-order chi connectivity index (χ1) is 14.3. The van der Waals surface area contributed by atoms with Gasteiger partial charge in [0.1, 0.15) is 5.82 Å². The summed E-state index contributed by atoms with van der Waals surface area (Å²) in [7, 11) is 0. The maximum absolute atomic E-state index is 12.6. The number of pyridine rings is 1. The number of amides is 1. The van der Waals surface area contributed by atoms with Crippen molar-refractivity contribution in [2.45, 2.75) is 25.2 Å². The van der Waals surface area contributed by atoms with Crippen LogP contribution in [0.15, 0.2) is 53.1 Å². The highest BCUT2D eigenvalue weighted by Gasteiger charge is 2.30. The zero-order chi connectivity index (χ0) is 19.6. The van der Waals surface area contributed by atoms with Crippen molar-refractivity contribution in [1.29, 1.82) is 0 Å². The standard InChI is InChI=1S/C22H23N5O2/c28-19(15-16-5-2-1-3-6-16)26-11-13-27(14-12-26)20-18(7-4-10-23-20)22-25-24-21(29-22)17-8-9-17/h1-7,10,17H,8-9,11-15H2. The van der Waals surface area contributed by atoms with E-state index < -0.39 is 0 Å². The smallest absolute Gasteiger partial charge is 0.251 e. The van der Waals surface area contributed by atoms with Crippen molar-refractivity contribution in [3.63, 3.8) is 0 Å². The summed E-state index contributed by atoms with van der Waals surface area (Å²) >= 11 is 0. The molecule has 0 spiro atoms. The topological polar surface area (TPSA) is 75.4 Å². The van der Waals surface area contributed by atoms with Crippen molar-refractivity contribution in [2.75, 3.05) is 31.1 Å². The van der Waals surface area contributed by atoms with Gasteiger partial charge in [-0.05, 0) is 30.5 Å². The first kappa shape index (κ1) is 17.8. The minimum Gasteiger partial charge on any atom is -0.420 e. The van der Waals surface area contributed by atoms with E-state index in [-0.39, 0.29) is 5.91 Å². The molecule has 1 aliphatic carbocycles. The summed E-state index contributed by atoms with van der Waals surface area (Å²) in [6, 6.07) is 13.8. The molecule has 1 aliphatic heterocycles. The van der Waals surface area contributed by atoms with Crippen molar-refractivity contribution in [1.82, 2.24) is 20.1 Å². The molecule has 0 bridgehead atoms. The molecule has 7 heteroatoms. The van der Waals surface area contributed by atoms with Crippen LogP contribution in [0, 0.1) is 0 Å². The molecule has 2 fully saturated rings. The Kier molecular flexibility index (Phi) is 4.71. The molecule has 29 heavy (non-hydrogen) atoms. The third-order valence-corrected chi connectivity index (χ3v) is 5.51. The zero-order valence-corrected chi connectivity index (χ0v) is 16.2. The van der Waals surface area contributed by atoms with Gasteiger partial charge >= 0.3 is 0 Å². The lowest BCUT2D eigenvalue weighted by molar-refractivity contribution is -0.130. The van der Waals surface area contributed by atoms with E-state index in [1.165, 1.54) is 0 Å². The molecule has 2 aliphatic rings. The van der Waals surface area contributed by atoms with E-state index in [0.717, 1.165) is 48.8 Å². The maximum Gasteiger partial charge on any atom is 0.251 e. The van der Waals surface area contributed by atoms with Crippen LogP contribution in [-0.4, -0.2) is 52.2 Å². The number of benzene rings is 1. The van der Waals surface area contributed by atoms with Gasteiger partial charge in [-0.25, -0.2) is 4.98 Å². The molecule has 0 radical (unpaired) electrons. The van der Waals surface area contributed by atoms with Crippen LogP contribution >= 0.6 is 0 Å². The van der Waals surface area contributed by atoms with Crippen LogP contribution in [0.25, 0.3) is 11.5 Å². The molecule has 5 rings (SSSR count). The van der Waals surface area contributed by atoms with Crippen LogP contribution in [-0.2, 0) is 11.2 Å². The number of hydrogen-bond donors (Lipinski definition) is 0. The van der Waals surface area contributed by atoms with Crippen molar-refractivity contribution in [3.05, 3.63) is 60.1 Å². The van der Waals surface area contributed by atoms with Crippen LogP contribution in [0.3, 0.4) is 0 Å². The molecule has 1 aromatic carbocycles. The van der Waals surface area contributed by atoms with Crippen molar-refractivity contribution in [2.24, 2.45) is 0 Å².